The summed E-state index contributed by atoms with van der Waals surface area (Å²) in [5.41, 5.74) is 2.22. The Morgan fingerprint density at radius 2 is 1.41 bits per heavy atom. The molecule has 0 saturated carbocycles. The van der Waals surface area contributed by atoms with Crippen LogP contribution < -0.4 is 5.32 Å². The van der Waals surface area contributed by atoms with Crippen molar-refractivity contribution in [1.29, 1.82) is 0 Å². The zero-order valence-corrected chi connectivity index (χ0v) is 26.3. The third-order valence-electron chi connectivity index (χ3n) is 6.08. The first-order valence-corrected chi connectivity index (χ1v) is 15.3. The standard InChI is InChI=1S/C13H15BrFNO.C11H14FN.C2H2Br2O.C2H6/c1-9-2-7-12(16(9)13(17)8-14)10-3-5-11(15)6-4-10;1-8-2-7-11(13-8)9-3-5-10(12)6-4-9;3-1-2(4)5;1-2/h3-6,9,12H,2,7-8H2,1H3;3-6,8,11,13H,2,7H2,1H3;1H2;1-2H3/t9-,12-;8-,11-;;/m00../s1/i;;;1D. The monoisotopic (exact) mass is 709 g/mol. The average Bonchev–Trinajstić information content (AvgIpc) is 3.51. The van der Waals surface area contributed by atoms with Crippen LogP contribution in [-0.2, 0) is 9.59 Å². The summed E-state index contributed by atoms with van der Waals surface area (Å²) in [6.45, 7) is 6.54. The lowest BCUT2D eigenvalue weighted by molar-refractivity contribution is -0.130. The molecule has 0 spiro atoms. The van der Waals surface area contributed by atoms with Crippen LogP contribution in [0, 0.1) is 11.6 Å². The van der Waals surface area contributed by atoms with Crippen LogP contribution in [0.15, 0.2) is 48.5 Å². The molecule has 1 N–H and O–H groups in total. The second kappa shape index (κ2) is 18.2. The van der Waals surface area contributed by atoms with Crippen LogP contribution in [0.2, 0.25) is 0 Å². The van der Waals surface area contributed by atoms with Gasteiger partial charge in [-0.1, -0.05) is 69.9 Å². The van der Waals surface area contributed by atoms with Crippen LogP contribution in [0.4, 0.5) is 8.78 Å². The van der Waals surface area contributed by atoms with Crippen molar-refractivity contribution in [3.8, 4) is 0 Å². The molecule has 2 heterocycles. The summed E-state index contributed by atoms with van der Waals surface area (Å²) in [4.78, 5) is 23.5. The van der Waals surface area contributed by atoms with Gasteiger partial charge in [-0.15, -0.1) is 0 Å². The van der Waals surface area contributed by atoms with E-state index >= 15 is 0 Å². The second-order valence-corrected chi connectivity index (χ2v) is 10.7. The lowest BCUT2D eigenvalue weighted by Crippen LogP contribution is -2.36. The van der Waals surface area contributed by atoms with Gasteiger partial charge in [0.15, 0.2) is 0 Å². The van der Waals surface area contributed by atoms with Gasteiger partial charge in [-0.2, -0.15) is 0 Å². The summed E-state index contributed by atoms with van der Waals surface area (Å²) < 4.78 is 31.7. The third-order valence-corrected chi connectivity index (χ3v) is 8.10. The fourth-order valence-corrected chi connectivity index (χ4v) is 4.66. The highest BCUT2D eigenvalue weighted by Crippen LogP contribution is 2.36. The summed E-state index contributed by atoms with van der Waals surface area (Å²) >= 11 is 8.82. The van der Waals surface area contributed by atoms with E-state index < -0.39 is 0 Å². The smallest absolute Gasteiger partial charge is 0.233 e. The highest BCUT2D eigenvalue weighted by atomic mass is 79.9. The van der Waals surface area contributed by atoms with Gasteiger partial charge in [-0.25, -0.2) is 8.78 Å². The minimum absolute atomic E-state index is 0.0162. The van der Waals surface area contributed by atoms with Gasteiger partial charge in [0.25, 0.3) is 0 Å². The molecule has 2 fully saturated rings. The van der Waals surface area contributed by atoms with Crippen molar-refractivity contribution in [2.75, 3.05) is 10.7 Å². The molecule has 0 unspecified atom stereocenters. The molecule has 2 aliphatic heterocycles. The number of hydrogen-bond acceptors (Lipinski definition) is 3. The minimum atomic E-state index is -0.238. The highest BCUT2D eigenvalue weighted by Gasteiger charge is 2.34. The van der Waals surface area contributed by atoms with Crippen molar-refractivity contribution in [2.24, 2.45) is 0 Å². The fraction of sp³-hybridized carbons (Fsp3) is 0.500. The van der Waals surface area contributed by atoms with Gasteiger partial charge < -0.3 is 10.2 Å². The molecular formula is C28H37Br3F2N2O2. The Labute approximate surface area is 246 Å². The molecule has 4 nitrogen and oxygen atoms in total. The first kappa shape index (κ1) is 32.1. The number of carbonyl (C=O) groups excluding carboxylic acids is 2. The number of likely N-dealkylation sites (tertiary alicyclic amines) is 1. The van der Waals surface area contributed by atoms with Crippen molar-refractivity contribution < 1.29 is 19.7 Å². The van der Waals surface area contributed by atoms with Gasteiger partial charge in [0.05, 0.1) is 16.7 Å². The van der Waals surface area contributed by atoms with Crippen LogP contribution in [-0.4, -0.2) is 38.2 Å². The Hall–Kier alpha value is -1.16. The van der Waals surface area contributed by atoms with Gasteiger partial charge >= 0.3 is 0 Å². The van der Waals surface area contributed by atoms with E-state index in [-0.39, 0.29) is 34.3 Å². The number of nitrogens with one attached hydrogen (secondary N) is 1. The first-order chi connectivity index (χ1) is 18.1. The fourth-order valence-electron chi connectivity index (χ4n) is 4.37. The van der Waals surface area contributed by atoms with E-state index in [1.807, 2.05) is 17.0 Å². The zero-order chi connectivity index (χ0) is 28.7. The number of halogens is 5. The molecule has 0 radical (unpaired) electrons. The summed E-state index contributed by atoms with van der Waals surface area (Å²) in [5.74, 6) is -0.294. The molecule has 4 rings (SSSR count). The van der Waals surface area contributed by atoms with Gasteiger partial charge in [-0.3, -0.25) is 9.59 Å². The maximum atomic E-state index is 12.9. The van der Waals surface area contributed by atoms with Gasteiger partial charge in [0.2, 0.25) is 10.6 Å². The van der Waals surface area contributed by atoms with Crippen LogP contribution in [0.3, 0.4) is 0 Å². The SMILES string of the molecule is C[C@H]1CC[C@@H](c2ccc(F)cc2)N1.C[C@H]1CC[C@@H](c2ccc(F)cc2)N1C(=O)CBr.O=C(Br)CBr.[2H]CC. The number of benzene rings is 2. The molecule has 37 heavy (non-hydrogen) atoms. The van der Waals surface area contributed by atoms with Crippen molar-refractivity contribution in [1.82, 2.24) is 10.2 Å². The number of hydrogen-bond donors (Lipinski definition) is 1. The third kappa shape index (κ3) is 11.6. The molecule has 9 heteroatoms. The number of carbonyl (C=O) groups is 2. The number of nitrogens with zero attached hydrogens (tertiary/aromatic N) is 1. The normalized spacial score (nSPS) is 22.4. The van der Waals surface area contributed by atoms with E-state index in [1.165, 1.54) is 36.2 Å². The molecule has 0 aromatic heterocycles. The topological polar surface area (TPSA) is 49.4 Å². The number of amides is 1. The molecule has 0 aliphatic carbocycles. The van der Waals surface area contributed by atoms with E-state index in [0.29, 0.717) is 29.6 Å². The van der Waals surface area contributed by atoms with E-state index in [9.17, 15) is 18.4 Å². The number of alkyl halides is 2. The predicted molar refractivity (Wildman–Crippen MR) is 159 cm³/mol. The molecule has 2 aromatic rings. The summed E-state index contributed by atoms with van der Waals surface area (Å²) in [7, 11) is 0. The highest BCUT2D eigenvalue weighted by molar-refractivity contribution is 9.19. The molecule has 2 aliphatic rings. The lowest BCUT2D eigenvalue weighted by atomic mass is 10.0. The summed E-state index contributed by atoms with van der Waals surface area (Å²) in [6, 6.07) is 14.6. The van der Waals surface area contributed by atoms with Gasteiger partial charge in [-0.05, 0) is 90.9 Å². The van der Waals surface area contributed by atoms with Gasteiger partial charge in [0, 0.05) is 19.5 Å². The Morgan fingerprint density at radius 3 is 1.81 bits per heavy atom. The molecule has 206 valence electrons. The molecule has 1 amide bonds. The Bertz CT molecular complexity index is 968. The van der Waals surface area contributed by atoms with E-state index in [2.05, 4.69) is 67.0 Å². The Morgan fingerprint density at radius 1 is 0.919 bits per heavy atom. The minimum Gasteiger partial charge on any atom is -0.332 e. The molecule has 0 bridgehead atoms. The van der Waals surface area contributed by atoms with Crippen molar-refractivity contribution >= 4 is 58.4 Å². The summed E-state index contributed by atoms with van der Waals surface area (Å²) in [5, 5.41) is 4.21. The molecule has 4 atom stereocenters. The average molecular weight is 712 g/mol. The van der Waals surface area contributed by atoms with Crippen molar-refractivity contribution in [2.45, 2.75) is 77.5 Å². The van der Waals surface area contributed by atoms with Crippen molar-refractivity contribution in [3.63, 3.8) is 0 Å². The van der Waals surface area contributed by atoms with E-state index in [1.54, 1.807) is 19.1 Å². The van der Waals surface area contributed by atoms with Gasteiger partial charge in [0.1, 0.15) is 11.6 Å². The lowest BCUT2D eigenvalue weighted by Gasteiger charge is -2.28. The summed E-state index contributed by atoms with van der Waals surface area (Å²) in [6.07, 6.45) is 4.32. The maximum absolute atomic E-state index is 12.9. The first-order valence-electron chi connectivity index (χ1n) is 13.0. The van der Waals surface area contributed by atoms with E-state index in [4.69, 9.17) is 1.37 Å². The quantitative estimate of drug-likeness (QED) is 0.257. The molecular weight excluding hydrogens is 674 g/mol. The van der Waals surface area contributed by atoms with Crippen LogP contribution in [0.25, 0.3) is 0 Å². The van der Waals surface area contributed by atoms with E-state index in [0.717, 1.165) is 24.8 Å². The Balaban J connectivity index is 0.000000303. The molecule has 2 saturated heterocycles. The molecule has 2 aromatic carbocycles. The largest absolute Gasteiger partial charge is 0.332 e. The zero-order valence-electron chi connectivity index (χ0n) is 22.5. The van der Waals surface area contributed by atoms with Crippen LogP contribution >= 0.6 is 47.8 Å². The van der Waals surface area contributed by atoms with Crippen molar-refractivity contribution in [3.05, 3.63) is 71.3 Å². The number of rotatable bonds is 4. The van der Waals surface area contributed by atoms with Crippen LogP contribution in [0.1, 0.15) is 77.9 Å². The Kier molecular flexibility index (Phi) is 15.8. The second-order valence-electron chi connectivity index (χ2n) is 8.67. The predicted octanol–water partition coefficient (Wildman–Crippen LogP) is 8.24. The van der Waals surface area contributed by atoms with Crippen LogP contribution in [0.5, 0.6) is 0 Å². The maximum Gasteiger partial charge on any atom is 0.233 e.